The molecular weight excluding hydrogens is 292 g/mol. The van der Waals surface area contributed by atoms with Crippen LogP contribution in [0.5, 0.6) is 0 Å². The van der Waals surface area contributed by atoms with E-state index in [4.69, 9.17) is 0 Å². The highest BCUT2D eigenvalue weighted by Gasteiger charge is 2.16. The largest absolute Gasteiger partial charge is 0.355 e. The van der Waals surface area contributed by atoms with Crippen molar-refractivity contribution in [2.45, 2.75) is 20.3 Å². The quantitative estimate of drug-likeness (QED) is 0.799. The van der Waals surface area contributed by atoms with Gasteiger partial charge in [0.05, 0.1) is 0 Å². The first-order valence-corrected chi connectivity index (χ1v) is 7.67. The van der Waals surface area contributed by atoms with Gasteiger partial charge in [0.15, 0.2) is 0 Å². The Morgan fingerprint density at radius 2 is 2.00 bits per heavy atom. The lowest BCUT2D eigenvalue weighted by atomic mass is 10.3. The third-order valence-corrected chi connectivity index (χ3v) is 3.62. The Bertz CT molecular complexity index is 376. The molecule has 1 aromatic heterocycles. The first kappa shape index (κ1) is 13.7. The minimum atomic E-state index is 0.867. The molecule has 1 saturated heterocycles. The Hall–Kier alpha value is -0.680. The van der Waals surface area contributed by atoms with Crippen LogP contribution in [0.3, 0.4) is 0 Å². The van der Waals surface area contributed by atoms with Crippen LogP contribution in [0.15, 0.2) is 6.07 Å². The number of aryl methyl sites for hydroxylation is 2. The van der Waals surface area contributed by atoms with Gasteiger partial charge in [-0.2, -0.15) is 0 Å². The molecule has 1 aromatic rings. The molecule has 18 heavy (non-hydrogen) atoms. The summed E-state index contributed by atoms with van der Waals surface area (Å²) in [4.78, 5) is 13.8. The summed E-state index contributed by atoms with van der Waals surface area (Å²) < 4.78 is 0. The van der Waals surface area contributed by atoms with Gasteiger partial charge in [-0.05, 0) is 26.8 Å². The number of nitrogens with zero attached hydrogens (tertiary/aromatic N) is 4. The lowest BCUT2D eigenvalue weighted by Crippen LogP contribution is -2.32. The van der Waals surface area contributed by atoms with Crippen LogP contribution in [-0.2, 0) is 0 Å². The van der Waals surface area contributed by atoms with Gasteiger partial charge >= 0.3 is 0 Å². The Kier molecular flexibility index (Phi) is 4.95. The number of anilines is 1. The molecule has 0 atom stereocenters. The third-order valence-electron chi connectivity index (χ3n) is 3.27. The summed E-state index contributed by atoms with van der Waals surface area (Å²) in [6.45, 7) is 9.59. The first-order valence-electron chi connectivity index (χ1n) is 6.54. The molecule has 4 nitrogen and oxygen atoms in total. The maximum atomic E-state index is 4.56. The zero-order chi connectivity index (χ0) is 13.0. The lowest BCUT2D eigenvalue weighted by molar-refractivity contribution is 0.313. The summed E-state index contributed by atoms with van der Waals surface area (Å²) in [6.07, 6.45) is 1.20. The molecule has 100 valence electrons. The fourth-order valence-corrected chi connectivity index (χ4v) is 2.90. The molecule has 0 unspecified atom stereocenters. The number of hydrogen-bond donors (Lipinski definition) is 0. The van der Waals surface area contributed by atoms with E-state index in [9.17, 15) is 0 Å². The van der Waals surface area contributed by atoms with E-state index in [1.54, 1.807) is 0 Å². The van der Waals surface area contributed by atoms with Crippen molar-refractivity contribution in [2.75, 3.05) is 43.0 Å². The van der Waals surface area contributed by atoms with Crippen molar-refractivity contribution in [1.82, 2.24) is 14.9 Å². The van der Waals surface area contributed by atoms with E-state index < -0.39 is 0 Å². The summed E-state index contributed by atoms with van der Waals surface area (Å²) in [6, 6.07) is 2.09. The smallest absolute Gasteiger partial charge is 0.132 e. The van der Waals surface area contributed by atoms with Crippen LogP contribution in [0.2, 0.25) is 0 Å². The van der Waals surface area contributed by atoms with Gasteiger partial charge in [0.2, 0.25) is 0 Å². The van der Waals surface area contributed by atoms with E-state index in [1.807, 2.05) is 13.8 Å². The molecule has 2 heterocycles. The van der Waals surface area contributed by atoms with Gasteiger partial charge < -0.3 is 9.80 Å². The number of hydrogen-bond acceptors (Lipinski definition) is 4. The predicted octanol–water partition coefficient (Wildman–Crippen LogP) is 2.00. The standard InChI is InChI=1S/C13H21BrN4/c1-11-10-13(16-12(2)15-11)18-6-3-5-17(7-4-14)8-9-18/h10H,3-9H2,1-2H3. The van der Waals surface area contributed by atoms with Gasteiger partial charge in [-0.25, -0.2) is 9.97 Å². The monoisotopic (exact) mass is 312 g/mol. The maximum Gasteiger partial charge on any atom is 0.132 e. The van der Waals surface area contributed by atoms with Gasteiger partial charge in [-0.15, -0.1) is 0 Å². The summed E-state index contributed by atoms with van der Waals surface area (Å²) in [7, 11) is 0. The van der Waals surface area contributed by atoms with E-state index in [-0.39, 0.29) is 0 Å². The van der Waals surface area contributed by atoms with Crippen molar-refractivity contribution in [1.29, 1.82) is 0 Å². The van der Waals surface area contributed by atoms with Crippen molar-refractivity contribution >= 4 is 21.7 Å². The molecule has 0 amide bonds. The molecule has 0 saturated carbocycles. The van der Waals surface area contributed by atoms with Crippen LogP contribution in [0.25, 0.3) is 0 Å². The second-order valence-corrected chi connectivity index (χ2v) is 5.58. The van der Waals surface area contributed by atoms with Crippen LogP contribution >= 0.6 is 15.9 Å². The Balaban J connectivity index is 2.05. The van der Waals surface area contributed by atoms with Crippen LogP contribution < -0.4 is 4.90 Å². The van der Waals surface area contributed by atoms with E-state index >= 15 is 0 Å². The van der Waals surface area contributed by atoms with Gasteiger partial charge in [0.25, 0.3) is 0 Å². The molecule has 5 heteroatoms. The molecule has 0 aliphatic carbocycles. The average molecular weight is 313 g/mol. The van der Waals surface area contributed by atoms with Crippen LogP contribution in [-0.4, -0.2) is 52.9 Å². The van der Waals surface area contributed by atoms with Crippen molar-refractivity contribution < 1.29 is 0 Å². The van der Waals surface area contributed by atoms with Crippen molar-refractivity contribution in [2.24, 2.45) is 0 Å². The second-order valence-electron chi connectivity index (χ2n) is 4.79. The molecule has 0 bridgehead atoms. The number of aromatic nitrogens is 2. The summed E-state index contributed by atoms with van der Waals surface area (Å²) in [5.74, 6) is 1.95. The minimum Gasteiger partial charge on any atom is -0.355 e. The van der Waals surface area contributed by atoms with Gasteiger partial charge in [0.1, 0.15) is 11.6 Å². The number of halogens is 1. The van der Waals surface area contributed by atoms with E-state index in [0.717, 1.165) is 48.8 Å². The topological polar surface area (TPSA) is 32.3 Å². The van der Waals surface area contributed by atoms with Crippen molar-refractivity contribution in [3.8, 4) is 0 Å². The van der Waals surface area contributed by atoms with Crippen LogP contribution in [0.4, 0.5) is 5.82 Å². The fourth-order valence-electron chi connectivity index (χ4n) is 2.40. The Morgan fingerprint density at radius 3 is 2.72 bits per heavy atom. The molecule has 0 spiro atoms. The van der Waals surface area contributed by atoms with E-state index in [1.165, 1.54) is 13.0 Å². The van der Waals surface area contributed by atoms with Gasteiger partial charge in [-0.3, -0.25) is 0 Å². The van der Waals surface area contributed by atoms with E-state index in [0.29, 0.717) is 0 Å². The fraction of sp³-hybridized carbons (Fsp3) is 0.692. The zero-order valence-corrected chi connectivity index (χ0v) is 12.8. The molecule has 1 fully saturated rings. The molecule has 1 aliphatic heterocycles. The predicted molar refractivity (Wildman–Crippen MR) is 78.6 cm³/mol. The number of alkyl halides is 1. The highest BCUT2D eigenvalue weighted by Crippen LogP contribution is 2.15. The zero-order valence-electron chi connectivity index (χ0n) is 11.2. The van der Waals surface area contributed by atoms with Crippen molar-refractivity contribution in [3.63, 3.8) is 0 Å². The molecular formula is C13H21BrN4. The highest BCUT2D eigenvalue weighted by molar-refractivity contribution is 9.09. The molecule has 2 rings (SSSR count). The van der Waals surface area contributed by atoms with E-state index in [2.05, 4.69) is 41.8 Å². The normalized spacial score (nSPS) is 17.8. The maximum absolute atomic E-state index is 4.56. The Morgan fingerprint density at radius 1 is 1.17 bits per heavy atom. The molecule has 0 radical (unpaired) electrons. The SMILES string of the molecule is Cc1cc(N2CCCN(CCBr)CC2)nc(C)n1. The average Bonchev–Trinajstić information content (AvgIpc) is 2.54. The summed E-state index contributed by atoms with van der Waals surface area (Å²) >= 11 is 3.51. The van der Waals surface area contributed by atoms with Crippen LogP contribution in [0, 0.1) is 13.8 Å². The van der Waals surface area contributed by atoms with Crippen molar-refractivity contribution in [3.05, 3.63) is 17.6 Å². The minimum absolute atomic E-state index is 0.867. The second kappa shape index (κ2) is 6.48. The molecule has 1 aliphatic rings. The first-order chi connectivity index (χ1) is 8.69. The van der Waals surface area contributed by atoms with Gasteiger partial charge in [0, 0.05) is 43.3 Å². The third kappa shape index (κ3) is 3.65. The number of rotatable bonds is 3. The Labute approximate surface area is 118 Å². The molecule has 0 aromatic carbocycles. The lowest BCUT2D eigenvalue weighted by Gasteiger charge is -2.22. The molecule has 0 N–H and O–H groups in total. The van der Waals surface area contributed by atoms with Crippen LogP contribution in [0.1, 0.15) is 17.9 Å². The summed E-state index contributed by atoms with van der Waals surface area (Å²) in [5, 5.41) is 1.05. The highest BCUT2D eigenvalue weighted by atomic mass is 79.9. The van der Waals surface area contributed by atoms with Gasteiger partial charge in [-0.1, -0.05) is 15.9 Å². The summed E-state index contributed by atoms with van der Waals surface area (Å²) in [5.41, 5.74) is 1.05.